The minimum Gasteiger partial charge on any atom is -0.494 e. The monoisotopic (exact) mass is 333 g/mol. The number of rotatable bonds is 6. The third-order valence-corrected chi connectivity index (χ3v) is 3.71. The van der Waals surface area contributed by atoms with Crippen LogP contribution in [0.3, 0.4) is 0 Å². The van der Waals surface area contributed by atoms with Gasteiger partial charge in [0.15, 0.2) is 0 Å². The first kappa shape index (κ1) is 15.1. The first-order valence-corrected chi connectivity index (χ1v) is 7.69. The average Bonchev–Trinajstić information content (AvgIpc) is 2.46. The molecule has 1 atom stereocenters. The molecule has 0 heterocycles. The number of hydrogen-bond acceptors (Lipinski definition) is 2. The fraction of sp³-hybridized carbons (Fsp3) is 0.294. The number of nitrogens with one attached hydrogen (secondary N) is 1. The first-order chi connectivity index (χ1) is 9.70. The highest BCUT2D eigenvalue weighted by Gasteiger charge is 2.07. The van der Waals surface area contributed by atoms with Crippen LogP contribution in [-0.2, 0) is 6.54 Å². The molecule has 0 spiro atoms. The number of ether oxygens (including phenoxy) is 1. The molecule has 0 saturated heterocycles. The summed E-state index contributed by atoms with van der Waals surface area (Å²) in [5, 5.41) is 3.54. The lowest BCUT2D eigenvalue weighted by atomic mass is 10.1. The van der Waals surface area contributed by atoms with Gasteiger partial charge in [-0.25, -0.2) is 0 Å². The van der Waals surface area contributed by atoms with E-state index in [0.717, 1.165) is 16.8 Å². The topological polar surface area (TPSA) is 21.3 Å². The molecule has 0 unspecified atom stereocenters. The van der Waals surface area contributed by atoms with Crippen LogP contribution in [0.15, 0.2) is 53.0 Å². The lowest BCUT2D eigenvalue weighted by Crippen LogP contribution is -2.18. The quantitative estimate of drug-likeness (QED) is 0.827. The molecule has 2 aromatic rings. The van der Waals surface area contributed by atoms with E-state index in [2.05, 4.69) is 52.4 Å². The van der Waals surface area contributed by atoms with Gasteiger partial charge < -0.3 is 10.1 Å². The van der Waals surface area contributed by atoms with Crippen LogP contribution in [0, 0.1) is 0 Å². The van der Waals surface area contributed by atoms with E-state index >= 15 is 0 Å². The van der Waals surface area contributed by atoms with Gasteiger partial charge in [0.05, 0.1) is 6.61 Å². The molecule has 0 amide bonds. The normalized spacial score (nSPS) is 12.2. The molecule has 0 saturated carbocycles. The molecule has 0 fully saturated rings. The van der Waals surface area contributed by atoms with Crippen molar-refractivity contribution in [2.75, 3.05) is 6.61 Å². The molecule has 0 aliphatic rings. The highest BCUT2D eigenvalue weighted by Crippen LogP contribution is 2.21. The predicted octanol–water partition coefficient (Wildman–Crippen LogP) is 4.70. The third kappa shape index (κ3) is 4.09. The molecule has 2 rings (SSSR count). The van der Waals surface area contributed by atoms with Crippen molar-refractivity contribution in [3.63, 3.8) is 0 Å². The summed E-state index contributed by atoms with van der Waals surface area (Å²) in [5.74, 6) is 0.962. The second kappa shape index (κ2) is 7.46. The molecule has 0 aliphatic heterocycles. The van der Waals surface area contributed by atoms with Crippen LogP contribution in [0.1, 0.15) is 31.0 Å². The molecular formula is C17H20BrNO. The zero-order valence-electron chi connectivity index (χ0n) is 11.9. The molecule has 20 heavy (non-hydrogen) atoms. The summed E-state index contributed by atoms with van der Waals surface area (Å²) >= 11 is 3.51. The summed E-state index contributed by atoms with van der Waals surface area (Å²) < 4.78 is 6.76. The maximum Gasteiger partial charge on any atom is 0.123 e. The zero-order chi connectivity index (χ0) is 14.4. The molecule has 0 aromatic heterocycles. The van der Waals surface area contributed by atoms with Gasteiger partial charge in [0.2, 0.25) is 0 Å². The van der Waals surface area contributed by atoms with Crippen molar-refractivity contribution in [2.24, 2.45) is 0 Å². The van der Waals surface area contributed by atoms with Crippen molar-refractivity contribution in [2.45, 2.75) is 26.4 Å². The third-order valence-electron chi connectivity index (χ3n) is 3.22. The Hall–Kier alpha value is -1.32. The van der Waals surface area contributed by atoms with Gasteiger partial charge in [0.1, 0.15) is 5.75 Å². The van der Waals surface area contributed by atoms with E-state index in [1.54, 1.807) is 0 Å². The Morgan fingerprint density at radius 1 is 1.15 bits per heavy atom. The van der Waals surface area contributed by atoms with Crippen LogP contribution in [0.25, 0.3) is 0 Å². The van der Waals surface area contributed by atoms with Gasteiger partial charge in [-0.05, 0) is 37.6 Å². The summed E-state index contributed by atoms with van der Waals surface area (Å²) in [6.07, 6.45) is 0. The van der Waals surface area contributed by atoms with Crippen LogP contribution in [0.2, 0.25) is 0 Å². The van der Waals surface area contributed by atoms with Crippen LogP contribution in [-0.4, -0.2) is 6.61 Å². The second-order valence-corrected chi connectivity index (χ2v) is 5.61. The zero-order valence-corrected chi connectivity index (χ0v) is 13.5. The number of halogens is 1. The van der Waals surface area contributed by atoms with Crippen LogP contribution < -0.4 is 10.1 Å². The highest BCUT2D eigenvalue weighted by molar-refractivity contribution is 9.10. The summed E-state index contributed by atoms with van der Waals surface area (Å²) in [7, 11) is 0. The van der Waals surface area contributed by atoms with Crippen molar-refractivity contribution < 1.29 is 4.74 Å². The molecule has 2 aromatic carbocycles. The highest BCUT2D eigenvalue weighted by atomic mass is 79.9. The molecule has 0 bridgehead atoms. The van der Waals surface area contributed by atoms with Gasteiger partial charge in [-0.3, -0.25) is 0 Å². The van der Waals surface area contributed by atoms with Crippen molar-refractivity contribution >= 4 is 15.9 Å². The maximum absolute atomic E-state index is 5.65. The minimum absolute atomic E-state index is 0.294. The number of benzene rings is 2. The Morgan fingerprint density at radius 3 is 2.70 bits per heavy atom. The van der Waals surface area contributed by atoms with Gasteiger partial charge in [-0.15, -0.1) is 0 Å². The Labute approximate surface area is 129 Å². The molecule has 106 valence electrons. The minimum atomic E-state index is 0.294. The Morgan fingerprint density at radius 2 is 1.95 bits per heavy atom. The van der Waals surface area contributed by atoms with Crippen molar-refractivity contribution in [1.82, 2.24) is 5.32 Å². The van der Waals surface area contributed by atoms with E-state index in [1.807, 2.05) is 31.2 Å². The Bertz CT molecular complexity index is 556. The van der Waals surface area contributed by atoms with E-state index in [4.69, 9.17) is 4.74 Å². The van der Waals surface area contributed by atoms with Crippen LogP contribution in [0.4, 0.5) is 0 Å². The van der Waals surface area contributed by atoms with Crippen molar-refractivity contribution in [1.29, 1.82) is 0 Å². The van der Waals surface area contributed by atoms with E-state index in [9.17, 15) is 0 Å². The second-order valence-electron chi connectivity index (χ2n) is 4.70. The standard InChI is InChI=1S/C17H20BrNO/c1-3-20-17-10-5-4-7-15(17)12-19-13(2)14-8-6-9-16(18)11-14/h4-11,13,19H,3,12H2,1-2H3/t13-/m1/s1. The number of hydrogen-bond donors (Lipinski definition) is 1. The Balaban J connectivity index is 2.01. The summed E-state index contributed by atoms with van der Waals surface area (Å²) in [6.45, 7) is 5.67. The van der Waals surface area contributed by atoms with E-state index in [-0.39, 0.29) is 0 Å². The van der Waals surface area contributed by atoms with Gasteiger partial charge in [-0.2, -0.15) is 0 Å². The van der Waals surface area contributed by atoms with E-state index in [0.29, 0.717) is 12.6 Å². The van der Waals surface area contributed by atoms with Gasteiger partial charge in [0.25, 0.3) is 0 Å². The van der Waals surface area contributed by atoms with E-state index in [1.165, 1.54) is 11.1 Å². The lowest BCUT2D eigenvalue weighted by molar-refractivity contribution is 0.335. The average molecular weight is 334 g/mol. The Kier molecular flexibility index (Phi) is 5.62. The molecule has 0 radical (unpaired) electrons. The van der Waals surface area contributed by atoms with Crippen LogP contribution in [0.5, 0.6) is 5.75 Å². The molecule has 0 aliphatic carbocycles. The molecule has 3 heteroatoms. The largest absolute Gasteiger partial charge is 0.494 e. The number of para-hydroxylation sites is 1. The molecule has 2 nitrogen and oxygen atoms in total. The van der Waals surface area contributed by atoms with Gasteiger partial charge in [0, 0.05) is 22.6 Å². The maximum atomic E-state index is 5.65. The summed E-state index contributed by atoms with van der Waals surface area (Å²) in [4.78, 5) is 0. The van der Waals surface area contributed by atoms with Gasteiger partial charge >= 0.3 is 0 Å². The first-order valence-electron chi connectivity index (χ1n) is 6.90. The molecular weight excluding hydrogens is 314 g/mol. The smallest absolute Gasteiger partial charge is 0.123 e. The molecule has 1 N–H and O–H groups in total. The SMILES string of the molecule is CCOc1ccccc1CN[C@H](C)c1cccc(Br)c1. The van der Waals surface area contributed by atoms with Gasteiger partial charge in [-0.1, -0.05) is 46.3 Å². The predicted molar refractivity (Wildman–Crippen MR) is 87.0 cm³/mol. The van der Waals surface area contributed by atoms with Crippen LogP contribution >= 0.6 is 15.9 Å². The van der Waals surface area contributed by atoms with Crippen molar-refractivity contribution in [3.05, 3.63) is 64.1 Å². The summed E-state index contributed by atoms with van der Waals surface area (Å²) in [6, 6.07) is 16.9. The fourth-order valence-corrected chi connectivity index (χ4v) is 2.52. The summed E-state index contributed by atoms with van der Waals surface area (Å²) in [5.41, 5.74) is 2.46. The van der Waals surface area contributed by atoms with Crippen molar-refractivity contribution in [3.8, 4) is 5.75 Å². The fourth-order valence-electron chi connectivity index (χ4n) is 2.10. The van der Waals surface area contributed by atoms with E-state index < -0.39 is 0 Å². The lowest BCUT2D eigenvalue weighted by Gasteiger charge is -2.16.